The van der Waals surface area contributed by atoms with Crippen molar-refractivity contribution in [3.63, 3.8) is 0 Å². The highest BCUT2D eigenvalue weighted by atomic mass is 16.6. The highest BCUT2D eigenvalue weighted by Gasteiger charge is 2.31. The van der Waals surface area contributed by atoms with Gasteiger partial charge in [0.1, 0.15) is 5.60 Å². The molecule has 6 nitrogen and oxygen atoms in total. The Kier molecular flexibility index (Phi) is 6.90. The van der Waals surface area contributed by atoms with Crippen molar-refractivity contribution in [3.05, 3.63) is 0 Å². The second kappa shape index (κ2) is 7.96. The van der Waals surface area contributed by atoms with Crippen LogP contribution in [0, 0.1) is 0 Å². The minimum Gasteiger partial charge on any atom is -0.444 e. The van der Waals surface area contributed by atoms with Gasteiger partial charge in [-0.15, -0.1) is 0 Å². The minimum atomic E-state index is -0.484. The first-order valence-electron chi connectivity index (χ1n) is 7.81. The van der Waals surface area contributed by atoms with Crippen molar-refractivity contribution < 1.29 is 14.3 Å². The minimum absolute atomic E-state index is 0.105. The van der Waals surface area contributed by atoms with E-state index in [0.29, 0.717) is 19.1 Å². The molecule has 3 unspecified atom stereocenters. The lowest BCUT2D eigenvalue weighted by Gasteiger charge is -2.42. The van der Waals surface area contributed by atoms with Gasteiger partial charge in [-0.1, -0.05) is 6.92 Å². The molecule has 1 aliphatic rings. The van der Waals surface area contributed by atoms with Crippen LogP contribution in [0.2, 0.25) is 0 Å². The van der Waals surface area contributed by atoms with Gasteiger partial charge in [0.2, 0.25) is 0 Å². The Hall–Kier alpha value is -0.850. The number of hydrogen-bond donors (Lipinski definition) is 2. The molecule has 1 aliphatic heterocycles. The molecule has 1 amide bonds. The van der Waals surface area contributed by atoms with Crippen molar-refractivity contribution in [3.8, 4) is 0 Å². The van der Waals surface area contributed by atoms with Crippen LogP contribution in [0.5, 0.6) is 0 Å². The van der Waals surface area contributed by atoms with E-state index in [1.807, 2.05) is 20.8 Å². The van der Waals surface area contributed by atoms with Crippen molar-refractivity contribution in [2.24, 2.45) is 5.73 Å². The zero-order valence-electron chi connectivity index (χ0n) is 14.0. The molecule has 0 aromatic rings. The molecule has 21 heavy (non-hydrogen) atoms. The van der Waals surface area contributed by atoms with E-state index in [4.69, 9.17) is 15.2 Å². The monoisotopic (exact) mass is 301 g/mol. The maximum Gasteiger partial charge on any atom is 0.407 e. The van der Waals surface area contributed by atoms with Gasteiger partial charge in [0, 0.05) is 31.7 Å². The van der Waals surface area contributed by atoms with E-state index in [9.17, 15) is 4.79 Å². The van der Waals surface area contributed by atoms with E-state index in [2.05, 4.69) is 24.1 Å². The number of morpholine rings is 1. The van der Waals surface area contributed by atoms with Crippen LogP contribution in [0.15, 0.2) is 0 Å². The standard InChI is InChI=1S/C15H31N3O3/c1-6-12-10-20-11(2)9-18(12)13(7-16)8-17-14(19)21-15(3,4)5/h11-13H,6-10,16H2,1-5H3,(H,17,19). The Morgan fingerprint density at radius 1 is 1.52 bits per heavy atom. The summed E-state index contributed by atoms with van der Waals surface area (Å²) in [5, 5.41) is 2.82. The highest BCUT2D eigenvalue weighted by molar-refractivity contribution is 5.67. The molecule has 124 valence electrons. The van der Waals surface area contributed by atoms with Gasteiger partial charge in [0.15, 0.2) is 0 Å². The van der Waals surface area contributed by atoms with Gasteiger partial charge in [-0.3, -0.25) is 4.90 Å². The van der Waals surface area contributed by atoms with Gasteiger partial charge in [-0.05, 0) is 34.1 Å². The molecule has 1 saturated heterocycles. The highest BCUT2D eigenvalue weighted by Crippen LogP contribution is 2.17. The third-order valence-corrected chi connectivity index (χ3v) is 3.60. The average Bonchev–Trinajstić information content (AvgIpc) is 2.37. The molecule has 0 radical (unpaired) electrons. The molecule has 1 heterocycles. The lowest BCUT2D eigenvalue weighted by Crippen LogP contribution is -2.58. The molecule has 0 spiro atoms. The van der Waals surface area contributed by atoms with Gasteiger partial charge < -0.3 is 20.5 Å². The summed E-state index contributed by atoms with van der Waals surface area (Å²) < 4.78 is 11.0. The van der Waals surface area contributed by atoms with Gasteiger partial charge in [-0.2, -0.15) is 0 Å². The molecule has 1 rings (SSSR count). The average molecular weight is 301 g/mol. The normalized spacial score (nSPS) is 25.4. The molecular formula is C15H31N3O3. The topological polar surface area (TPSA) is 76.8 Å². The predicted octanol–water partition coefficient (Wildman–Crippen LogP) is 1.34. The second-order valence-corrected chi connectivity index (χ2v) is 6.68. The van der Waals surface area contributed by atoms with E-state index < -0.39 is 11.7 Å². The molecule has 0 aliphatic carbocycles. The number of nitrogens with two attached hydrogens (primary N) is 1. The van der Waals surface area contributed by atoms with E-state index >= 15 is 0 Å². The summed E-state index contributed by atoms with van der Waals surface area (Å²) in [5.41, 5.74) is 5.42. The smallest absolute Gasteiger partial charge is 0.407 e. The third kappa shape index (κ3) is 6.20. The Bertz CT molecular complexity index is 331. The number of ether oxygens (including phenoxy) is 2. The maximum atomic E-state index is 11.8. The summed E-state index contributed by atoms with van der Waals surface area (Å²) in [5.74, 6) is 0. The van der Waals surface area contributed by atoms with Crippen LogP contribution in [0.1, 0.15) is 41.0 Å². The number of nitrogens with zero attached hydrogens (tertiary/aromatic N) is 1. The first kappa shape index (κ1) is 18.2. The quantitative estimate of drug-likeness (QED) is 0.801. The van der Waals surface area contributed by atoms with Crippen LogP contribution in [0.3, 0.4) is 0 Å². The SMILES string of the molecule is CCC1COC(C)CN1C(CN)CNC(=O)OC(C)(C)C. The first-order chi connectivity index (χ1) is 9.76. The third-order valence-electron chi connectivity index (χ3n) is 3.60. The predicted molar refractivity (Wildman–Crippen MR) is 83.3 cm³/mol. The molecule has 0 aromatic carbocycles. The summed E-state index contributed by atoms with van der Waals surface area (Å²) in [4.78, 5) is 14.1. The largest absolute Gasteiger partial charge is 0.444 e. The Labute approximate surface area is 128 Å². The van der Waals surface area contributed by atoms with Crippen molar-refractivity contribution >= 4 is 6.09 Å². The Morgan fingerprint density at radius 3 is 2.71 bits per heavy atom. The van der Waals surface area contributed by atoms with E-state index in [1.165, 1.54) is 0 Å². The molecule has 0 aromatic heterocycles. The first-order valence-corrected chi connectivity index (χ1v) is 7.81. The summed E-state index contributed by atoms with van der Waals surface area (Å²) in [6.07, 6.45) is 0.814. The number of amides is 1. The zero-order valence-corrected chi connectivity index (χ0v) is 14.0. The molecule has 0 saturated carbocycles. The fraction of sp³-hybridized carbons (Fsp3) is 0.933. The van der Waals surface area contributed by atoms with Crippen LogP contribution in [0.25, 0.3) is 0 Å². The maximum absolute atomic E-state index is 11.8. The van der Waals surface area contributed by atoms with Crippen LogP contribution >= 0.6 is 0 Å². The van der Waals surface area contributed by atoms with Gasteiger partial charge >= 0.3 is 6.09 Å². The second-order valence-electron chi connectivity index (χ2n) is 6.68. The van der Waals surface area contributed by atoms with Gasteiger partial charge in [0.05, 0.1) is 12.7 Å². The number of alkyl carbamates (subject to hydrolysis) is 1. The van der Waals surface area contributed by atoms with Crippen molar-refractivity contribution in [1.29, 1.82) is 0 Å². The van der Waals surface area contributed by atoms with Crippen molar-refractivity contribution in [1.82, 2.24) is 10.2 Å². The van der Waals surface area contributed by atoms with E-state index in [-0.39, 0.29) is 12.1 Å². The van der Waals surface area contributed by atoms with Crippen molar-refractivity contribution in [2.45, 2.75) is 64.8 Å². The fourth-order valence-corrected chi connectivity index (χ4v) is 2.52. The Morgan fingerprint density at radius 2 is 2.19 bits per heavy atom. The lowest BCUT2D eigenvalue weighted by atomic mass is 10.1. The van der Waals surface area contributed by atoms with Crippen LogP contribution in [0.4, 0.5) is 4.79 Å². The number of carbonyl (C=O) groups excluding carboxylic acids is 1. The molecule has 0 bridgehead atoms. The number of carbonyl (C=O) groups is 1. The van der Waals surface area contributed by atoms with Crippen LogP contribution in [-0.4, -0.2) is 61.0 Å². The molecule has 6 heteroatoms. The van der Waals surface area contributed by atoms with Crippen LogP contribution < -0.4 is 11.1 Å². The van der Waals surface area contributed by atoms with E-state index in [1.54, 1.807) is 0 Å². The molecule has 3 N–H and O–H groups in total. The fourth-order valence-electron chi connectivity index (χ4n) is 2.52. The summed E-state index contributed by atoms with van der Waals surface area (Å²) >= 11 is 0. The van der Waals surface area contributed by atoms with Gasteiger partial charge in [-0.25, -0.2) is 4.79 Å². The van der Waals surface area contributed by atoms with E-state index in [0.717, 1.165) is 19.6 Å². The zero-order chi connectivity index (χ0) is 16.0. The lowest BCUT2D eigenvalue weighted by molar-refractivity contribution is -0.0707. The number of nitrogens with one attached hydrogen (secondary N) is 1. The molecule has 3 atom stereocenters. The number of hydrogen-bond acceptors (Lipinski definition) is 5. The number of rotatable bonds is 5. The van der Waals surface area contributed by atoms with Crippen LogP contribution in [-0.2, 0) is 9.47 Å². The summed E-state index contributed by atoms with van der Waals surface area (Å²) in [7, 11) is 0. The molecular weight excluding hydrogens is 270 g/mol. The van der Waals surface area contributed by atoms with Gasteiger partial charge in [0.25, 0.3) is 0 Å². The van der Waals surface area contributed by atoms with Crippen molar-refractivity contribution in [2.75, 3.05) is 26.2 Å². The summed E-state index contributed by atoms with van der Waals surface area (Å²) in [6.45, 7) is 12.3. The Balaban J connectivity index is 2.54. The molecule has 1 fully saturated rings. The summed E-state index contributed by atoms with van der Waals surface area (Å²) in [6, 6.07) is 0.462.